The van der Waals surface area contributed by atoms with Gasteiger partial charge in [-0.25, -0.2) is 4.68 Å². The number of hydrogen-bond acceptors (Lipinski definition) is 4. The summed E-state index contributed by atoms with van der Waals surface area (Å²) >= 11 is 0. The van der Waals surface area contributed by atoms with Crippen molar-refractivity contribution in [3.8, 4) is 0 Å². The molecule has 0 aliphatic carbocycles. The van der Waals surface area contributed by atoms with Crippen LogP contribution in [0.4, 0.5) is 5.69 Å². The summed E-state index contributed by atoms with van der Waals surface area (Å²) in [6, 6.07) is 10.1. The average Bonchev–Trinajstić information content (AvgIpc) is 2.61. The Bertz CT molecular complexity index is 1070. The zero-order chi connectivity index (χ0) is 18.0. The fourth-order valence-corrected chi connectivity index (χ4v) is 2.70. The highest BCUT2D eigenvalue weighted by molar-refractivity contribution is 5.90. The van der Waals surface area contributed by atoms with Crippen molar-refractivity contribution in [3.63, 3.8) is 0 Å². The van der Waals surface area contributed by atoms with Gasteiger partial charge in [0.25, 0.3) is 11.1 Å². The molecule has 1 aromatic carbocycles. The monoisotopic (exact) mass is 338 g/mol. The number of aromatic nitrogens is 3. The van der Waals surface area contributed by atoms with Crippen molar-refractivity contribution < 1.29 is 4.79 Å². The van der Waals surface area contributed by atoms with E-state index in [0.29, 0.717) is 23.3 Å². The van der Waals surface area contributed by atoms with Gasteiger partial charge in [0.05, 0.1) is 16.8 Å². The van der Waals surface area contributed by atoms with Crippen molar-refractivity contribution >= 4 is 22.4 Å². The molecule has 25 heavy (non-hydrogen) atoms. The molecule has 0 radical (unpaired) electrons. The van der Waals surface area contributed by atoms with Gasteiger partial charge in [0.2, 0.25) is 5.91 Å². The van der Waals surface area contributed by atoms with Crippen LogP contribution in [0.5, 0.6) is 0 Å². The smallest absolute Gasteiger partial charge is 0.275 e. The highest BCUT2D eigenvalue weighted by Gasteiger charge is 2.11. The maximum absolute atomic E-state index is 12.5. The molecule has 1 N–H and O–H groups in total. The molecular weight excluding hydrogens is 320 g/mol. The minimum absolute atomic E-state index is 0.136. The lowest BCUT2D eigenvalue weighted by Gasteiger charge is -2.10. The normalized spacial score (nSPS) is 10.8. The third-order valence-electron chi connectivity index (χ3n) is 3.95. The van der Waals surface area contributed by atoms with Gasteiger partial charge in [-0.15, -0.1) is 0 Å². The molecule has 0 unspecified atom stereocenters. The van der Waals surface area contributed by atoms with Crippen LogP contribution < -0.4 is 16.4 Å². The Morgan fingerprint density at radius 3 is 2.56 bits per heavy atom. The number of fused-ring (bicyclic) bond motifs is 1. The number of aryl methyl sites for hydroxylation is 2. The average molecular weight is 338 g/mol. The van der Waals surface area contributed by atoms with Crippen LogP contribution in [0.15, 0.2) is 52.2 Å². The molecule has 2 aromatic heterocycles. The summed E-state index contributed by atoms with van der Waals surface area (Å²) in [4.78, 5) is 36.3. The van der Waals surface area contributed by atoms with Crippen molar-refractivity contribution in [1.82, 2.24) is 14.3 Å². The molecule has 3 rings (SSSR count). The lowest BCUT2D eigenvalue weighted by Crippen LogP contribution is -2.30. The van der Waals surface area contributed by atoms with Crippen molar-refractivity contribution in [2.45, 2.75) is 26.9 Å². The van der Waals surface area contributed by atoms with Gasteiger partial charge in [0, 0.05) is 24.2 Å². The van der Waals surface area contributed by atoms with Crippen LogP contribution in [0.3, 0.4) is 0 Å². The number of pyridine rings is 1. The number of hydrogen-bond donors (Lipinski definition) is 1. The standard InChI is InChI=1S/C18H18N4O3/c1-3-21-10-13(8-9-17(21)24)19-16(23)11-22-18(25)15-7-5-4-6-14(15)12(2)20-22/h4-10H,3,11H2,1-2H3,(H,19,23). The number of rotatable bonds is 4. The Morgan fingerprint density at radius 2 is 1.84 bits per heavy atom. The van der Waals surface area contributed by atoms with E-state index in [4.69, 9.17) is 0 Å². The lowest BCUT2D eigenvalue weighted by molar-refractivity contribution is -0.117. The summed E-state index contributed by atoms with van der Waals surface area (Å²) < 4.78 is 2.64. The quantitative estimate of drug-likeness (QED) is 0.781. The molecule has 128 valence electrons. The SMILES string of the molecule is CCn1cc(NC(=O)Cn2nc(C)c3ccccc3c2=O)ccc1=O. The fourth-order valence-electron chi connectivity index (χ4n) is 2.70. The van der Waals surface area contributed by atoms with Crippen molar-refractivity contribution in [3.05, 3.63) is 69.0 Å². The van der Waals surface area contributed by atoms with E-state index in [9.17, 15) is 14.4 Å². The topological polar surface area (TPSA) is 86.0 Å². The highest BCUT2D eigenvalue weighted by atomic mass is 16.2. The van der Waals surface area contributed by atoms with Crippen LogP contribution in [0.25, 0.3) is 10.8 Å². The molecule has 1 amide bonds. The second-order valence-corrected chi connectivity index (χ2v) is 5.68. The first-order valence-electron chi connectivity index (χ1n) is 7.96. The second kappa shape index (κ2) is 6.72. The summed E-state index contributed by atoms with van der Waals surface area (Å²) in [5, 5.41) is 8.21. The molecule has 0 saturated heterocycles. The zero-order valence-electron chi connectivity index (χ0n) is 14.0. The Hall–Kier alpha value is -3.22. The van der Waals surface area contributed by atoms with E-state index in [1.165, 1.54) is 16.7 Å². The maximum atomic E-state index is 12.5. The van der Waals surface area contributed by atoms with Gasteiger partial charge in [-0.2, -0.15) is 5.10 Å². The first kappa shape index (κ1) is 16.6. The van der Waals surface area contributed by atoms with Gasteiger partial charge in [-0.3, -0.25) is 14.4 Å². The number of amides is 1. The van der Waals surface area contributed by atoms with Gasteiger partial charge in [0.1, 0.15) is 6.54 Å². The number of carbonyl (C=O) groups excluding carboxylic acids is 1. The van der Waals surface area contributed by atoms with E-state index in [1.54, 1.807) is 25.3 Å². The van der Waals surface area contributed by atoms with Gasteiger partial charge in [0.15, 0.2) is 0 Å². The largest absolute Gasteiger partial charge is 0.323 e. The Labute approximate surface area is 143 Å². The zero-order valence-corrected chi connectivity index (χ0v) is 14.0. The summed E-state index contributed by atoms with van der Waals surface area (Å²) in [6.07, 6.45) is 1.57. The molecule has 3 aromatic rings. The number of nitrogens with zero attached hydrogens (tertiary/aromatic N) is 3. The van der Waals surface area contributed by atoms with E-state index in [-0.39, 0.29) is 23.6 Å². The number of anilines is 1. The van der Waals surface area contributed by atoms with Gasteiger partial charge < -0.3 is 9.88 Å². The highest BCUT2D eigenvalue weighted by Crippen LogP contribution is 2.11. The predicted octanol–water partition coefficient (Wildman–Crippen LogP) is 1.53. The number of nitrogens with one attached hydrogen (secondary N) is 1. The van der Waals surface area contributed by atoms with Crippen molar-refractivity contribution in [1.29, 1.82) is 0 Å². The van der Waals surface area contributed by atoms with Crippen molar-refractivity contribution in [2.75, 3.05) is 5.32 Å². The van der Waals surface area contributed by atoms with Crippen molar-refractivity contribution in [2.24, 2.45) is 0 Å². The minimum atomic E-state index is -0.384. The first-order chi connectivity index (χ1) is 12.0. The Kier molecular flexibility index (Phi) is 4.47. The maximum Gasteiger partial charge on any atom is 0.275 e. The third kappa shape index (κ3) is 3.35. The Balaban J connectivity index is 1.86. The summed E-state index contributed by atoms with van der Waals surface area (Å²) in [5.74, 6) is -0.384. The van der Waals surface area contributed by atoms with Gasteiger partial charge in [-0.05, 0) is 26.0 Å². The number of benzene rings is 1. The van der Waals surface area contributed by atoms with Crippen LogP contribution >= 0.6 is 0 Å². The van der Waals surface area contributed by atoms with E-state index >= 15 is 0 Å². The van der Waals surface area contributed by atoms with Crippen LogP contribution in [-0.2, 0) is 17.9 Å². The third-order valence-corrected chi connectivity index (χ3v) is 3.95. The lowest BCUT2D eigenvalue weighted by atomic mass is 10.1. The number of carbonyl (C=O) groups is 1. The molecule has 0 aliphatic rings. The van der Waals surface area contributed by atoms with Gasteiger partial charge in [-0.1, -0.05) is 18.2 Å². The van der Waals surface area contributed by atoms with E-state index < -0.39 is 0 Å². The Morgan fingerprint density at radius 1 is 1.12 bits per heavy atom. The molecular formula is C18H18N4O3. The molecule has 0 atom stereocenters. The summed E-state index contributed by atoms with van der Waals surface area (Å²) in [7, 11) is 0. The van der Waals surface area contributed by atoms with Crippen LogP contribution in [-0.4, -0.2) is 20.3 Å². The summed E-state index contributed by atoms with van der Waals surface area (Å²) in [6.45, 7) is 3.95. The van der Waals surface area contributed by atoms with Crippen LogP contribution in [0, 0.1) is 6.92 Å². The first-order valence-corrected chi connectivity index (χ1v) is 7.96. The molecule has 2 heterocycles. The molecule has 0 bridgehead atoms. The van der Waals surface area contributed by atoms with E-state index in [2.05, 4.69) is 10.4 Å². The van der Waals surface area contributed by atoms with Gasteiger partial charge >= 0.3 is 0 Å². The molecule has 0 aliphatic heterocycles. The molecule has 7 heteroatoms. The predicted molar refractivity (Wildman–Crippen MR) is 95.7 cm³/mol. The van der Waals surface area contributed by atoms with Crippen LogP contribution in [0.1, 0.15) is 12.6 Å². The molecule has 0 spiro atoms. The fraction of sp³-hybridized carbons (Fsp3) is 0.222. The van der Waals surface area contributed by atoms with E-state index in [1.807, 2.05) is 19.1 Å². The molecule has 0 saturated carbocycles. The minimum Gasteiger partial charge on any atom is -0.323 e. The summed E-state index contributed by atoms with van der Waals surface area (Å²) in [5.41, 5.74) is 0.734. The molecule has 0 fully saturated rings. The molecule has 7 nitrogen and oxygen atoms in total. The second-order valence-electron chi connectivity index (χ2n) is 5.68. The van der Waals surface area contributed by atoms with E-state index in [0.717, 1.165) is 10.1 Å². The van der Waals surface area contributed by atoms with Crippen LogP contribution in [0.2, 0.25) is 0 Å².